The molecule has 0 fully saturated rings. The molecule has 2 heterocycles. The summed E-state index contributed by atoms with van der Waals surface area (Å²) < 4.78 is 0. The molecule has 0 N–H and O–H groups in total. The van der Waals surface area contributed by atoms with E-state index >= 15 is 0 Å². The Kier molecular flexibility index (Phi) is 2.74. The Balaban J connectivity index is 2.10. The number of hydrogen-bond acceptors (Lipinski definition) is 4. The first kappa shape index (κ1) is 11.5. The van der Waals surface area contributed by atoms with Crippen molar-refractivity contribution in [3.63, 3.8) is 0 Å². The van der Waals surface area contributed by atoms with Gasteiger partial charge in [0.05, 0.1) is 10.6 Å². The van der Waals surface area contributed by atoms with Gasteiger partial charge >= 0.3 is 0 Å². The first-order valence-corrected chi connectivity index (χ1v) is 6.94. The fourth-order valence-corrected chi connectivity index (χ4v) is 3.42. The third kappa shape index (κ3) is 1.97. The number of hydrogen-bond donors (Lipinski definition) is 0. The van der Waals surface area contributed by atoms with Crippen molar-refractivity contribution >= 4 is 17.1 Å². The average Bonchev–Trinajstić information content (AvgIpc) is 2.73. The second-order valence-electron chi connectivity index (χ2n) is 4.71. The minimum atomic E-state index is 0.252. The van der Waals surface area contributed by atoms with Crippen LogP contribution in [0.15, 0.2) is 12.1 Å². The third-order valence-electron chi connectivity index (χ3n) is 3.10. The summed E-state index contributed by atoms with van der Waals surface area (Å²) in [6, 6.07) is 4.06. The van der Waals surface area contributed by atoms with E-state index in [4.69, 9.17) is 0 Å². The molecule has 0 saturated heterocycles. The van der Waals surface area contributed by atoms with Gasteiger partial charge in [-0.1, -0.05) is 0 Å². The fraction of sp³-hybridized carbons (Fsp3) is 0.357. The fourth-order valence-electron chi connectivity index (χ4n) is 2.35. The molecular formula is C14H14N2OS. The first-order chi connectivity index (χ1) is 8.63. The monoisotopic (exact) mass is 258 g/mol. The standard InChI is InChI=1S/C14H14N2OS/c1-8-6-10(7-9(2)15-8)14-16-11-4-3-5-12(17)13(11)18-14/h6-7H,3-5H2,1-2H3. The number of thiazole rings is 1. The van der Waals surface area contributed by atoms with Crippen molar-refractivity contribution < 1.29 is 4.79 Å². The lowest BCUT2D eigenvalue weighted by atomic mass is 10.0. The molecule has 0 aromatic carbocycles. The number of carbonyl (C=O) groups is 1. The number of ketones is 1. The van der Waals surface area contributed by atoms with Gasteiger partial charge in [-0.25, -0.2) is 4.98 Å². The van der Waals surface area contributed by atoms with Crippen molar-refractivity contribution in [2.24, 2.45) is 0 Å². The van der Waals surface area contributed by atoms with Crippen LogP contribution >= 0.6 is 11.3 Å². The average molecular weight is 258 g/mol. The minimum Gasteiger partial charge on any atom is -0.293 e. The van der Waals surface area contributed by atoms with Crippen molar-refractivity contribution in [2.45, 2.75) is 33.1 Å². The molecule has 1 aliphatic carbocycles. The highest BCUT2D eigenvalue weighted by Gasteiger charge is 2.22. The van der Waals surface area contributed by atoms with Crippen LogP contribution in [0.2, 0.25) is 0 Å². The third-order valence-corrected chi connectivity index (χ3v) is 4.28. The smallest absolute Gasteiger partial charge is 0.174 e. The van der Waals surface area contributed by atoms with E-state index in [1.165, 1.54) is 11.3 Å². The molecular weight excluding hydrogens is 244 g/mol. The van der Waals surface area contributed by atoms with Gasteiger partial charge in [-0.15, -0.1) is 11.3 Å². The number of Topliss-reactive ketones (excluding diaryl/α,β-unsaturated/α-hetero) is 1. The van der Waals surface area contributed by atoms with E-state index in [-0.39, 0.29) is 5.78 Å². The first-order valence-electron chi connectivity index (χ1n) is 6.12. The van der Waals surface area contributed by atoms with E-state index in [2.05, 4.69) is 9.97 Å². The number of aromatic nitrogens is 2. The molecule has 0 atom stereocenters. The molecule has 4 heteroatoms. The van der Waals surface area contributed by atoms with Crippen LogP contribution in [0.5, 0.6) is 0 Å². The van der Waals surface area contributed by atoms with Crippen LogP contribution in [0.25, 0.3) is 10.6 Å². The highest BCUT2D eigenvalue weighted by Crippen LogP contribution is 2.32. The normalized spacial score (nSPS) is 14.7. The number of rotatable bonds is 1. The quantitative estimate of drug-likeness (QED) is 0.788. The summed E-state index contributed by atoms with van der Waals surface area (Å²) in [7, 11) is 0. The molecule has 2 aromatic rings. The molecule has 0 saturated carbocycles. The van der Waals surface area contributed by atoms with Gasteiger partial charge in [0.25, 0.3) is 0 Å². The minimum absolute atomic E-state index is 0.252. The van der Waals surface area contributed by atoms with Crippen molar-refractivity contribution in [2.75, 3.05) is 0 Å². The summed E-state index contributed by atoms with van der Waals surface area (Å²) in [5.41, 5.74) is 4.04. The highest BCUT2D eigenvalue weighted by atomic mass is 32.1. The van der Waals surface area contributed by atoms with Crippen LogP contribution in [0, 0.1) is 13.8 Å². The van der Waals surface area contributed by atoms with Gasteiger partial charge in [0.15, 0.2) is 5.78 Å². The number of fused-ring (bicyclic) bond motifs is 1. The highest BCUT2D eigenvalue weighted by molar-refractivity contribution is 7.17. The molecule has 0 spiro atoms. The van der Waals surface area contributed by atoms with E-state index in [1.807, 2.05) is 26.0 Å². The van der Waals surface area contributed by atoms with Crippen molar-refractivity contribution in [1.82, 2.24) is 9.97 Å². The van der Waals surface area contributed by atoms with Gasteiger partial charge in [-0.05, 0) is 38.8 Å². The molecule has 0 radical (unpaired) electrons. The summed E-state index contributed by atoms with van der Waals surface area (Å²) >= 11 is 1.53. The molecule has 2 aromatic heterocycles. The summed E-state index contributed by atoms with van der Waals surface area (Å²) in [5.74, 6) is 0.252. The molecule has 0 bridgehead atoms. The van der Waals surface area contributed by atoms with Crippen molar-refractivity contribution in [1.29, 1.82) is 0 Å². The van der Waals surface area contributed by atoms with Gasteiger partial charge in [0.1, 0.15) is 5.01 Å². The van der Waals surface area contributed by atoms with Gasteiger partial charge in [0.2, 0.25) is 0 Å². The predicted molar refractivity (Wildman–Crippen MR) is 72.1 cm³/mol. The van der Waals surface area contributed by atoms with Gasteiger partial charge in [0, 0.05) is 23.4 Å². The van der Waals surface area contributed by atoms with Gasteiger partial charge in [-0.3, -0.25) is 9.78 Å². The largest absolute Gasteiger partial charge is 0.293 e. The predicted octanol–water partition coefficient (Wildman–Crippen LogP) is 3.34. The Bertz CT molecular complexity index is 610. The molecule has 1 aliphatic rings. The van der Waals surface area contributed by atoms with E-state index < -0.39 is 0 Å². The van der Waals surface area contributed by atoms with Crippen LogP contribution in [0.4, 0.5) is 0 Å². The van der Waals surface area contributed by atoms with Gasteiger partial charge in [-0.2, -0.15) is 0 Å². The number of carbonyl (C=O) groups excluding carboxylic acids is 1. The lowest BCUT2D eigenvalue weighted by molar-refractivity contribution is 0.0976. The molecule has 0 amide bonds. The van der Waals surface area contributed by atoms with Crippen LogP contribution in [-0.2, 0) is 6.42 Å². The number of nitrogens with zero attached hydrogens (tertiary/aromatic N) is 2. The van der Waals surface area contributed by atoms with E-state index in [9.17, 15) is 4.79 Å². The van der Waals surface area contributed by atoms with Crippen LogP contribution in [-0.4, -0.2) is 15.8 Å². The Morgan fingerprint density at radius 2 is 1.83 bits per heavy atom. The summed E-state index contributed by atoms with van der Waals surface area (Å²) in [5, 5.41) is 0.948. The molecule has 92 valence electrons. The molecule has 0 unspecified atom stereocenters. The molecule has 0 aliphatic heterocycles. The van der Waals surface area contributed by atoms with Crippen molar-refractivity contribution in [3.05, 3.63) is 34.1 Å². The Labute approximate surface area is 110 Å². The maximum atomic E-state index is 11.8. The van der Waals surface area contributed by atoms with Crippen LogP contribution in [0.1, 0.15) is 39.6 Å². The molecule has 18 heavy (non-hydrogen) atoms. The number of pyridine rings is 1. The maximum absolute atomic E-state index is 11.8. The van der Waals surface area contributed by atoms with Crippen LogP contribution in [0.3, 0.4) is 0 Å². The summed E-state index contributed by atoms with van der Waals surface area (Å²) in [6.07, 6.45) is 2.53. The number of aryl methyl sites for hydroxylation is 3. The lowest BCUT2D eigenvalue weighted by Crippen LogP contribution is -2.07. The Morgan fingerprint density at radius 1 is 1.11 bits per heavy atom. The summed E-state index contributed by atoms with van der Waals surface area (Å²) in [6.45, 7) is 3.96. The zero-order valence-corrected chi connectivity index (χ0v) is 11.3. The maximum Gasteiger partial charge on any atom is 0.174 e. The SMILES string of the molecule is Cc1cc(-c2nc3c(s2)C(=O)CCC3)cc(C)n1. The van der Waals surface area contributed by atoms with E-state index in [0.29, 0.717) is 6.42 Å². The van der Waals surface area contributed by atoms with Crippen LogP contribution < -0.4 is 0 Å². The topological polar surface area (TPSA) is 42.9 Å². The Morgan fingerprint density at radius 3 is 2.50 bits per heavy atom. The van der Waals surface area contributed by atoms with E-state index in [1.54, 1.807) is 0 Å². The van der Waals surface area contributed by atoms with Crippen molar-refractivity contribution in [3.8, 4) is 10.6 Å². The second kappa shape index (κ2) is 4.28. The zero-order chi connectivity index (χ0) is 12.7. The molecule has 3 nitrogen and oxygen atoms in total. The van der Waals surface area contributed by atoms with E-state index in [0.717, 1.165) is 45.4 Å². The second-order valence-corrected chi connectivity index (χ2v) is 5.71. The lowest BCUT2D eigenvalue weighted by Gasteiger charge is -2.06. The Hall–Kier alpha value is -1.55. The summed E-state index contributed by atoms with van der Waals surface area (Å²) in [4.78, 5) is 21.7. The zero-order valence-electron chi connectivity index (χ0n) is 10.5. The molecule has 3 rings (SSSR count). The van der Waals surface area contributed by atoms with Gasteiger partial charge < -0.3 is 0 Å².